The lowest BCUT2D eigenvalue weighted by Gasteiger charge is -2.09. The number of unbranched alkanes of at least 4 members (excludes halogenated alkanes) is 1. The molecule has 1 aromatic rings. The van der Waals surface area contributed by atoms with E-state index in [0.29, 0.717) is 12.4 Å². The molecule has 6 heteroatoms. The average molecular weight is 248 g/mol. The first kappa shape index (κ1) is 12.9. The van der Waals surface area contributed by atoms with E-state index in [0.717, 1.165) is 23.8 Å². The van der Waals surface area contributed by atoms with Crippen molar-refractivity contribution in [1.82, 2.24) is 10.2 Å². The lowest BCUT2D eigenvalue weighted by molar-refractivity contribution is 0.0473. The molecule has 0 amide bonds. The summed E-state index contributed by atoms with van der Waals surface area (Å²) in [5.74, 6) is 0.612. The molecule has 1 rings (SSSR count). The van der Waals surface area contributed by atoms with E-state index in [1.54, 1.807) is 5.51 Å². The summed E-state index contributed by atoms with van der Waals surface area (Å²) in [6.07, 6.45) is 1.75. The summed E-state index contributed by atoms with van der Waals surface area (Å²) in [5, 5.41) is 17.2. The van der Waals surface area contributed by atoms with Gasteiger partial charge in [0.25, 0.3) is 0 Å². The molecule has 0 radical (unpaired) electrons. The molecule has 0 fully saturated rings. The molecule has 0 aliphatic rings. The highest BCUT2D eigenvalue weighted by atomic mass is 32.2. The second-order valence-electron chi connectivity index (χ2n) is 3.10. The standard InChI is InChI=1S/C9H16N2O2S2/c1-2-3-4-13-5-8(12)6-14-9-11-10-7-15-9/h7-8,12H,2-6H2,1H3. The molecule has 15 heavy (non-hydrogen) atoms. The Morgan fingerprint density at radius 1 is 1.67 bits per heavy atom. The van der Waals surface area contributed by atoms with E-state index in [-0.39, 0.29) is 0 Å². The number of aromatic nitrogens is 2. The third-order valence-electron chi connectivity index (χ3n) is 1.69. The molecule has 0 aromatic carbocycles. The zero-order chi connectivity index (χ0) is 10.9. The normalized spacial score (nSPS) is 12.9. The molecule has 1 atom stereocenters. The first-order chi connectivity index (χ1) is 7.33. The fraction of sp³-hybridized carbons (Fsp3) is 0.778. The van der Waals surface area contributed by atoms with E-state index < -0.39 is 6.10 Å². The number of aliphatic hydroxyl groups excluding tert-OH is 1. The molecule has 86 valence electrons. The number of hydrogen-bond acceptors (Lipinski definition) is 6. The molecule has 0 aliphatic carbocycles. The molecule has 1 N–H and O–H groups in total. The zero-order valence-electron chi connectivity index (χ0n) is 8.76. The minimum atomic E-state index is -0.421. The van der Waals surface area contributed by atoms with E-state index in [1.807, 2.05) is 0 Å². The molecule has 1 unspecified atom stereocenters. The van der Waals surface area contributed by atoms with Gasteiger partial charge < -0.3 is 9.84 Å². The molecule has 0 saturated carbocycles. The summed E-state index contributed by atoms with van der Waals surface area (Å²) in [5.41, 5.74) is 1.69. The van der Waals surface area contributed by atoms with Gasteiger partial charge in [0.15, 0.2) is 4.34 Å². The van der Waals surface area contributed by atoms with E-state index in [4.69, 9.17) is 4.74 Å². The van der Waals surface area contributed by atoms with Crippen molar-refractivity contribution in [3.05, 3.63) is 5.51 Å². The predicted octanol–water partition coefficient (Wildman–Crippen LogP) is 1.81. The van der Waals surface area contributed by atoms with Crippen molar-refractivity contribution in [2.75, 3.05) is 19.0 Å². The minimum absolute atomic E-state index is 0.409. The highest BCUT2D eigenvalue weighted by molar-refractivity contribution is 8.01. The maximum Gasteiger partial charge on any atom is 0.174 e. The molecule has 4 nitrogen and oxygen atoms in total. The fourth-order valence-electron chi connectivity index (χ4n) is 0.907. The van der Waals surface area contributed by atoms with E-state index >= 15 is 0 Å². The van der Waals surface area contributed by atoms with Crippen LogP contribution in [0.1, 0.15) is 19.8 Å². The summed E-state index contributed by atoms with van der Waals surface area (Å²) in [4.78, 5) is 0. The van der Waals surface area contributed by atoms with Crippen molar-refractivity contribution in [3.8, 4) is 0 Å². The average Bonchev–Trinajstić information content (AvgIpc) is 2.74. The smallest absolute Gasteiger partial charge is 0.174 e. The van der Waals surface area contributed by atoms with E-state index in [2.05, 4.69) is 17.1 Å². The molecule has 0 bridgehead atoms. The maximum absolute atomic E-state index is 9.56. The van der Waals surface area contributed by atoms with Gasteiger partial charge in [0.05, 0.1) is 12.7 Å². The summed E-state index contributed by atoms with van der Waals surface area (Å²) >= 11 is 3.00. The van der Waals surface area contributed by atoms with Crippen molar-refractivity contribution >= 4 is 23.1 Å². The van der Waals surface area contributed by atoms with Gasteiger partial charge in [-0.3, -0.25) is 0 Å². The van der Waals surface area contributed by atoms with Crippen molar-refractivity contribution in [2.45, 2.75) is 30.2 Å². The van der Waals surface area contributed by atoms with Crippen LogP contribution in [-0.4, -0.2) is 40.4 Å². The Morgan fingerprint density at radius 3 is 3.20 bits per heavy atom. The number of thioether (sulfide) groups is 1. The Kier molecular flexibility index (Phi) is 6.91. The van der Waals surface area contributed by atoms with Gasteiger partial charge >= 0.3 is 0 Å². The highest BCUT2D eigenvalue weighted by Crippen LogP contribution is 2.19. The van der Waals surface area contributed by atoms with Crippen LogP contribution in [-0.2, 0) is 4.74 Å². The van der Waals surface area contributed by atoms with Crippen LogP contribution < -0.4 is 0 Å². The summed E-state index contributed by atoms with van der Waals surface area (Å²) in [6, 6.07) is 0. The van der Waals surface area contributed by atoms with Crippen molar-refractivity contribution in [3.63, 3.8) is 0 Å². The van der Waals surface area contributed by atoms with Crippen molar-refractivity contribution in [1.29, 1.82) is 0 Å². The Labute approximate surface area is 98.1 Å². The summed E-state index contributed by atoms with van der Waals surface area (Å²) in [6.45, 7) is 3.26. The summed E-state index contributed by atoms with van der Waals surface area (Å²) < 4.78 is 6.20. The van der Waals surface area contributed by atoms with E-state index in [9.17, 15) is 5.11 Å². The van der Waals surface area contributed by atoms with Gasteiger partial charge in [0.1, 0.15) is 5.51 Å². The lowest BCUT2D eigenvalue weighted by atomic mass is 10.3. The van der Waals surface area contributed by atoms with Gasteiger partial charge in [0, 0.05) is 12.4 Å². The van der Waals surface area contributed by atoms with Crippen LogP contribution in [0.4, 0.5) is 0 Å². The number of rotatable bonds is 8. The Hall–Kier alpha value is -0.170. The van der Waals surface area contributed by atoms with Gasteiger partial charge in [-0.25, -0.2) is 0 Å². The first-order valence-corrected chi connectivity index (χ1v) is 6.84. The maximum atomic E-state index is 9.56. The van der Waals surface area contributed by atoms with Crippen LogP contribution in [0.15, 0.2) is 9.85 Å². The third-order valence-corrected chi connectivity index (χ3v) is 3.70. The monoisotopic (exact) mass is 248 g/mol. The van der Waals surface area contributed by atoms with Crippen molar-refractivity contribution < 1.29 is 9.84 Å². The van der Waals surface area contributed by atoms with Crippen LogP contribution in [0.5, 0.6) is 0 Å². The van der Waals surface area contributed by atoms with Gasteiger partial charge in [0.2, 0.25) is 0 Å². The predicted molar refractivity (Wildman–Crippen MR) is 62.4 cm³/mol. The van der Waals surface area contributed by atoms with Gasteiger partial charge in [-0.2, -0.15) is 0 Å². The molecular formula is C9H16N2O2S2. The Morgan fingerprint density at radius 2 is 2.53 bits per heavy atom. The fourth-order valence-corrected chi connectivity index (χ4v) is 2.33. The van der Waals surface area contributed by atoms with Crippen LogP contribution >= 0.6 is 23.1 Å². The largest absolute Gasteiger partial charge is 0.390 e. The number of ether oxygens (including phenoxy) is 1. The molecule has 1 aromatic heterocycles. The number of nitrogens with zero attached hydrogens (tertiary/aromatic N) is 2. The van der Waals surface area contributed by atoms with Gasteiger partial charge in [-0.1, -0.05) is 36.4 Å². The molecule has 0 spiro atoms. The van der Waals surface area contributed by atoms with Crippen LogP contribution in [0, 0.1) is 0 Å². The van der Waals surface area contributed by atoms with Gasteiger partial charge in [-0.15, -0.1) is 10.2 Å². The second kappa shape index (κ2) is 8.04. The van der Waals surface area contributed by atoms with Crippen LogP contribution in [0.2, 0.25) is 0 Å². The second-order valence-corrected chi connectivity index (χ2v) is 5.20. The Balaban J connectivity index is 2.01. The molecule has 1 heterocycles. The molecular weight excluding hydrogens is 232 g/mol. The third kappa shape index (κ3) is 6.09. The SMILES string of the molecule is CCCCOCC(O)CSc1nncs1. The van der Waals surface area contributed by atoms with Gasteiger partial charge in [-0.05, 0) is 6.42 Å². The number of hydrogen-bond donors (Lipinski definition) is 1. The highest BCUT2D eigenvalue weighted by Gasteiger charge is 2.06. The van der Waals surface area contributed by atoms with Crippen LogP contribution in [0.3, 0.4) is 0 Å². The van der Waals surface area contributed by atoms with E-state index in [1.165, 1.54) is 23.1 Å². The van der Waals surface area contributed by atoms with Crippen molar-refractivity contribution in [2.24, 2.45) is 0 Å². The summed E-state index contributed by atoms with van der Waals surface area (Å²) in [7, 11) is 0. The number of aliphatic hydroxyl groups is 1. The quantitative estimate of drug-likeness (QED) is 0.561. The molecule has 0 aliphatic heterocycles. The molecule has 0 saturated heterocycles. The Bertz CT molecular complexity index is 244. The topological polar surface area (TPSA) is 55.2 Å². The minimum Gasteiger partial charge on any atom is -0.390 e. The van der Waals surface area contributed by atoms with Crippen LogP contribution in [0.25, 0.3) is 0 Å². The lowest BCUT2D eigenvalue weighted by Crippen LogP contribution is -2.18. The zero-order valence-corrected chi connectivity index (χ0v) is 10.4. The first-order valence-electron chi connectivity index (χ1n) is 4.97.